The Kier molecular flexibility index (Phi) is 8.32. The van der Waals surface area contributed by atoms with Crippen LogP contribution in [-0.4, -0.2) is 55.4 Å². The van der Waals surface area contributed by atoms with E-state index in [1.807, 2.05) is 0 Å². The van der Waals surface area contributed by atoms with Crippen LogP contribution < -0.4 is 0 Å². The molecule has 0 saturated carbocycles. The fourth-order valence-electron chi connectivity index (χ4n) is 1.33. The van der Waals surface area contributed by atoms with Crippen LogP contribution in [0.15, 0.2) is 5.16 Å². The van der Waals surface area contributed by atoms with Gasteiger partial charge in [0.25, 0.3) is 0 Å². The number of halogens is 1. The molecule has 0 aromatic carbocycles. The minimum atomic E-state index is -1.93. The molecule has 0 aliphatic carbocycles. The van der Waals surface area contributed by atoms with Crippen molar-refractivity contribution in [2.24, 2.45) is 16.0 Å². The van der Waals surface area contributed by atoms with Crippen LogP contribution in [-0.2, 0) is 23.9 Å². The van der Waals surface area contributed by atoms with Crippen LogP contribution in [0.5, 0.6) is 0 Å². The van der Waals surface area contributed by atoms with Crippen LogP contribution >= 0.6 is 0 Å². The molecule has 0 amide bonds. The van der Waals surface area contributed by atoms with E-state index in [0.29, 0.717) is 0 Å². The third-order valence-electron chi connectivity index (χ3n) is 2.85. The number of carbonyl (C=O) groups excluding carboxylic acids is 2. The van der Waals surface area contributed by atoms with Crippen molar-refractivity contribution in [3.63, 3.8) is 0 Å². The summed E-state index contributed by atoms with van der Waals surface area (Å²) in [5.74, 6) is -1.27. The van der Waals surface area contributed by atoms with Gasteiger partial charge in [0.15, 0.2) is 12.3 Å². The fraction of sp³-hybridized carbons (Fsp3) is 0.812. The highest BCUT2D eigenvalue weighted by molar-refractivity contribution is 5.76. The van der Waals surface area contributed by atoms with Gasteiger partial charge in [-0.2, -0.15) is 0 Å². The van der Waals surface area contributed by atoms with Crippen LogP contribution in [0.25, 0.3) is 0 Å². The second-order valence-corrected chi connectivity index (χ2v) is 7.42. The van der Waals surface area contributed by atoms with Crippen LogP contribution in [0.1, 0.15) is 41.5 Å². The van der Waals surface area contributed by atoms with Crippen LogP contribution in [0.3, 0.4) is 0 Å². The summed E-state index contributed by atoms with van der Waals surface area (Å²) >= 11 is 0. The molecule has 140 valence electrons. The molecule has 3 atom stereocenters. The number of alkyl halides is 1. The highest BCUT2D eigenvalue weighted by Crippen LogP contribution is 2.20. The summed E-state index contributed by atoms with van der Waals surface area (Å²) in [7, 11) is 1.22. The van der Waals surface area contributed by atoms with E-state index in [0.717, 1.165) is 6.21 Å². The lowest BCUT2D eigenvalue weighted by Gasteiger charge is -2.28. The van der Waals surface area contributed by atoms with E-state index in [4.69, 9.17) is 9.47 Å². The number of esters is 2. The molecule has 1 N–H and O–H groups in total. The zero-order valence-corrected chi connectivity index (χ0v) is 15.3. The van der Waals surface area contributed by atoms with Gasteiger partial charge in [0.2, 0.25) is 0 Å². The average molecular weight is 349 g/mol. The van der Waals surface area contributed by atoms with Gasteiger partial charge in [-0.05, 0) is 41.5 Å². The maximum atomic E-state index is 14.2. The monoisotopic (exact) mass is 349 g/mol. The molecular formula is C16H28FNO6. The second kappa shape index (κ2) is 8.96. The van der Waals surface area contributed by atoms with Crippen molar-refractivity contribution in [3.8, 4) is 0 Å². The van der Waals surface area contributed by atoms with Crippen molar-refractivity contribution < 1.29 is 33.4 Å². The van der Waals surface area contributed by atoms with E-state index in [1.54, 1.807) is 41.5 Å². The predicted molar refractivity (Wildman–Crippen MR) is 86.2 cm³/mol. The van der Waals surface area contributed by atoms with Crippen LogP contribution in [0, 0.1) is 10.8 Å². The Labute approximate surface area is 142 Å². The molecule has 0 fully saturated rings. The molecule has 8 heteroatoms. The first-order chi connectivity index (χ1) is 10.8. The summed E-state index contributed by atoms with van der Waals surface area (Å²) in [6, 6.07) is 0. The number of hydrogen-bond acceptors (Lipinski definition) is 7. The van der Waals surface area contributed by atoms with Crippen molar-refractivity contribution in [1.29, 1.82) is 0 Å². The lowest BCUT2D eigenvalue weighted by atomic mass is 9.97. The summed E-state index contributed by atoms with van der Waals surface area (Å²) in [6.45, 7) is 9.18. The van der Waals surface area contributed by atoms with E-state index < -0.39 is 47.8 Å². The third kappa shape index (κ3) is 7.72. The highest BCUT2D eigenvalue weighted by Gasteiger charge is 2.36. The zero-order valence-electron chi connectivity index (χ0n) is 15.3. The van der Waals surface area contributed by atoms with Gasteiger partial charge in [0.1, 0.15) is 19.8 Å². The van der Waals surface area contributed by atoms with Crippen molar-refractivity contribution >= 4 is 18.2 Å². The van der Waals surface area contributed by atoms with Gasteiger partial charge in [-0.15, -0.1) is 0 Å². The Morgan fingerprint density at radius 2 is 1.62 bits per heavy atom. The lowest BCUT2D eigenvalue weighted by molar-refractivity contribution is -0.173. The van der Waals surface area contributed by atoms with E-state index in [-0.39, 0.29) is 0 Å². The van der Waals surface area contributed by atoms with Crippen LogP contribution in [0.4, 0.5) is 4.39 Å². The Balaban J connectivity index is 5.06. The molecular weight excluding hydrogens is 321 g/mol. The maximum Gasteiger partial charge on any atom is 0.311 e. The molecule has 0 aliphatic heterocycles. The van der Waals surface area contributed by atoms with Crippen molar-refractivity contribution in [3.05, 3.63) is 0 Å². The Hall–Kier alpha value is -1.70. The summed E-state index contributed by atoms with van der Waals surface area (Å²) in [5.41, 5.74) is -1.66. The van der Waals surface area contributed by atoms with Crippen molar-refractivity contribution in [1.82, 2.24) is 0 Å². The molecule has 0 unspecified atom stereocenters. The van der Waals surface area contributed by atoms with E-state index in [1.165, 1.54) is 7.11 Å². The smallest absolute Gasteiger partial charge is 0.311 e. The maximum absolute atomic E-state index is 14.2. The number of carbonyl (C=O) groups is 2. The predicted octanol–water partition coefficient (Wildman–Crippen LogP) is 1.86. The standard InChI is InChI=1S/C16H28FNO6/c1-15(2,3)13(20)23-9-11(19)12(10(17)8-18-22-7)24-14(21)16(4,5)6/h8,10-12,19H,9H2,1-7H3/b18-8+/t10-,11-,12+/m1/s1. The molecule has 0 saturated heterocycles. The molecule has 0 bridgehead atoms. The van der Waals surface area contributed by atoms with Gasteiger partial charge in [0.05, 0.1) is 17.0 Å². The normalized spacial score (nSPS) is 16.4. The third-order valence-corrected chi connectivity index (χ3v) is 2.85. The fourth-order valence-corrected chi connectivity index (χ4v) is 1.33. The Morgan fingerprint density at radius 1 is 1.12 bits per heavy atom. The molecule has 0 heterocycles. The lowest BCUT2D eigenvalue weighted by Crippen LogP contribution is -2.45. The zero-order chi connectivity index (χ0) is 19.1. The number of ether oxygens (including phenoxy) is 2. The topological polar surface area (TPSA) is 94.4 Å². The van der Waals surface area contributed by atoms with E-state index >= 15 is 0 Å². The second-order valence-electron chi connectivity index (χ2n) is 7.42. The van der Waals surface area contributed by atoms with Crippen molar-refractivity contribution in [2.45, 2.75) is 59.9 Å². The van der Waals surface area contributed by atoms with Gasteiger partial charge in [-0.1, -0.05) is 5.16 Å². The molecule has 0 aromatic rings. The number of nitrogens with zero attached hydrogens (tertiary/aromatic N) is 1. The number of oxime groups is 1. The van der Waals surface area contributed by atoms with Crippen molar-refractivity contribution in [2.75, 3.05) is 13.7 Å². The van der Waals surface area contributed by atoms with Gasteiger partial charge in [-0.25, -0.2) is 4.39 Å². The molecule has 24 heavy (non-hydrogen) atoms. The number of hydrogen-bond donors (Lipinski definition) is 1. The van der Waals surface area contributed by atoms with Gasteiger partial charge >= 0.3 is 11.9 Å². The van der Waals surface area contributed by atoms with E-state index in [2.05, 4.69) is 9.99 Å². The summed E-state index contributed by atoms with van der Waals surface area (Å²) in [5, 5.41) is 13.4. The highest BCUT2D eigenvalue weighted by atomic mass is 19.1. The first kappa shape index (κ1) is 22.3. The molecule has 7 nitrogen and oxygen atoms in total. The number of rotatable bonds is 7. The Morgan fingerprint density at radius 3 is 2.04 bits per heavy atom. The minimum absolute atomic E-state index is 0.514. The number of aliphatic hydroxyl groups is 1. The molecule has 0 aliphatic rings. The first-order valence-electron chi connectivity index (χ1n) is 7.57. The first-order valence-corrected chi connectivity index (χ1v) is 7.57. The van der Waals surface area contributed by atoms with E-state index in [9.17, 15) is 19.1 Å². The molecule has 0 spiro atoms. The Bertz CT molecular complexity index is 452. The summed E-state index contributed by atoms with van der Waals surface area (Å²) in [4.78, 5) is 28.1. The van der Waals surface area contributed by atoms with Crippen LogP contribution in [0.2, 0.25) is 0 Å². The molecule has 0 rings (SSSR count). The largest absolute Gasteiger partial charge is 0.462 e. The number of aliphatic hydroxyl groups excluding tert-OH is 1. The average Bonchev–Trinajstić information content (AvgIpc) is 2.44. The minimum Gasteiger partial charge on any atom is -0.462 e. The van der Waals surface area contributed by atoms with Gasteiger partial charge in [-0.3, -0.25) is 9.59 Å². The summed E-state index contributed by atoms with van der Waals surface area (Å²) < 4.78 is 24.2. The molecule has 0 aromatic heterocycles. The summed E-state index contributed by atoms with van der Waals surface area (Å²) in [6.07, 6.45) is -4.31. The van der Waals surface area contributed by atoms with Gasteiger partial charge < -0.3 is 19.4 Å². The molecule has 0 radical (unpaired) electrons. The SMILES string of the molecule is CO/N=C/[C@@H](F)[C@H](OC(=O)C(C)(C)C)[C@H](O)COC(=O)C(C)(C)C. The van der Waals surface area contributed by atoms with Gasteiger partial charge in [0, 0.05) is 0 Å². The quantitative estimate of drug-likeness (QED) is 0.428.